The first-order chi connectivity index (χ1) is 15.4. The number of hydrogen-bond acceptors (Lipinski definition) is 6. The quantitative estimate of drug-likeness (QED) is 0.266. The largest absolute Gasteiger partial charge is 0.454 e. The summed E-state index contributed by atoms with van der Waals surface area (Å²) in [5, 5.41) is 21.8. The van der Waals surface area contributed by atoms with E-state index in [1.807, 2.05) is 26.2 Å². The molecule has 2 aliphatic rings. The number of guanidine groups is 1. The van der Waals surface area contributed by atoms with E-state index in [-0.39, 0.29) is 42.7 Å². The molecule has 9 nitrogen and oxygen atoms in total. The lowest BCUT2D eigenvalue weighted by Crippen LogP contribution is -2.48. The van der Waals surface area contributed by atoms with Gasteiger partial charge in [0, 0.05) is 50.5 Å². The number of nitrogens with one attached hydrogen (secondary N) is 2. The lowest BCUT2D eigenvalue weighted by molar-refractivity contribution is 0.0512. The Balaban J connectivity index is 0.00000306. The van der Waals surface area contributed by atoms with Gasteiger partial charge in [-0.1, -0.05) is 6.07 Å². The first kappa shape index (κ1) is 25.6. The van der Waals surface area contributed by atoms with Crippen LogP contribution in [0.5, 0.6) is 11.5 Å². The maximum Gasteiger partial charge on any atom is 0.231 e. The van der Waals surface area contributed by atoms with E-state index >= 15 is 0 Å². The van der Waals surface area contributed by atoms with E-state index in [1.54, 1.807) is 17.8 Å². The van der Waals surface area contributed by atoms with E-state index in [0.717, 1.165) is 36.4 Å². The standard InChI is InChI=1S/C23H33N5O4.HI/c1-4-24-21(25-14-22(2,29)18-12-27-28(3)13-18)26-15-23(7-9-30-10-8-23)17-5-6-19-20(11-17)32-16-31-19;/h5-6,11-13,29H,4,7-10,14-16H2,1-3H3,(H2,24,25,26);1H. The van der Waals surface area contributed by atoms with Gasteiger partial charge in [0.15, 0.2) is 17.5 Å². The number of fused-ring (bicyclic) bond motifs is 1. The molecule has 3 N–H and O–H groups in total. The summed E-state index contributed by atoms with van der Waals surface area (Å²) in [5.74, 6) is 2.25. The number of hydrogen-bond donors (Lipinski definition) is 3. The molecule has 1 fully saturated rings. The van der Waals surface area contributed by atoms with Crippen LogP contribution in [-0.4, -0.2) is 60.5 Å². The Kier molecular flexibility index (Phi) is 8.46. The number of rotatable bonds is 7. The van der Waals surface area contributed by atoms with E-state index < -0.39 is 5.60 Å². The van der Waals surface area contributed by atoms with Gasteiger partial charge < -0.3 is 30.0 Å². The highest BCUT2D eigenvalue weighted by molar-refractivity contribution is 14.0. The van der Waals surface area contributed by atoms with Crippen molar-refractivity contribution < 1.29 is 19.3 Å². The van der Waals surface area contributed by atoms with Crippen molar-refractivity contribution in [3.05, 3.63) is 41.7 Å². The van der Waals surface area contributed by atoms with Crippen LogP contribution >= 0.6 is 24.0 Å². The molecule has 0 bridgehead atoms. The van der Waals surface area contributed by atoms with E-state index in [9.17, 15) is 5.11 Å². The number of benzene rings is 1. The maximum atomic E-state index is 10.9. The summed E-state index contributed by atoms with van der Waals surface area (Å²) in [6.07, 6.45) is 5.28. The summed E-state index contributed by atoms with van der Waals surface area (Å²) in [6, 6.07) is 6.20. The van der Waals surface area contributed by atoms with Gasteiger partial charge in [-0.05, 0) is 44.4 Å². The Hall–Kier alpha value is -2.05. The van der Waals surface area contributed by atoms with Crippen molar-refractivity contribution in [2.45, 2.75) is 37.7 Å². The molecule has 4 rings (SSSR count). The number of nitrogens with zero attached hydrogens (tertiary/aromatic N) is 3. The molecular formula is C23H34IN5O4. The van der Waals surface area contributed by atoms with Crippen molar-refractivity contribution in [2.75, 3.05) is 39.6 Å². The number of aryl methyl sites for hydroxylation is 1. The molecule has 0 spiro atoms. The minimum atomic E-state index is -1.11. The first-order valence-corrected chi connectivity index (χ1v) is 11.1. The molecule has 0 aliphatic carbocycles. The smallest absolute Gasteiger partial charge is 0.231 e. The Morgan fingerprint density at radius 2 is 2.00 bits per heavy atom. The second-order valence-corrected chi connectivity index (χ2v) is 8.69. The Labute approximate surface area is 211 Å². The van der Waals surface area contributed by atoms with Gasteiger partial charge in [0.2, 0.25) is 6.79 Å². The zero-order chi connectivity index (χ0) is 22.6. The molecule has 0 amide bonds. The lowest BCUT2D eigenvalue weighted by atomic mass is 9.74. The van der Waals surface area contributed by atoms with Crippen molar-refractivity contribution in [1.29, 1.82) is 0 Å². The lowest BCUT2D eigenvalue weighted by Gasteiger charge is -2.38. The average molecular weight is 571 g/mol. The van der Waals surface area contributed by atoms with Crippen LogP contribution in [0.4, 0.5) is 0 Å². The highest BCUT2D eigenvalue weighted by Gasteiger charge is 2.36. The van der Waals surface area contributed by atoms with Crippen molar-refractivity contribution in [2.24, 2.45) is 12.0 Å². The third kappa shape index (κ3) is 5.90. The molecule has 1 aromatic carbocycles. The van der Waals surface area contributed by atoms with Crippen molar-refractivity contribution in [1.82, 2.24) is 20.4 Å². The third-order valence-electron chi connectivity index (χ3n) is 6.25. The molecule has 2 aliphatic heterocycles. The van der Waals surface area contributed by atoms with Gasteiger partial charge in [-0.3, -0.25) is 4.68 Å². The van der Waals surface area contributed by atoms with Crippen LogP contribution in [0, 0.1) is 0 Å². The molecule has 1 atom stereocenters. The van der Waals surface area contributed by atoms with Crippen LogP contribution < -0.4 is 20.1 Å². The molecule has 10 heteroatoms. The van der Waals surface area contributed by atoms with Gasteiger partial charge in [-0.2, -0.15) is 5.10 Å². The fourth-order valence-electron chi connectivity index (χ4n) is 4.17. The summed E-state index contributed by atoms with van der Waals surface area (Å²) < 4.78 is 18.4. The molecule has 0 saturated carbocycles. The predicted molar refractivity (Wildman–Crippen MR) is 136 cm³/mol. The SMILES string of the molecule is CCNC(=NCC(C)(O)c1cnn(C)c1)NCC1(c2ccc3c(c2)OCO3)CCOCC1.I. The summed E-state index contributed by atoms with van der Waals surface area (Å²) in [7, 11) is 1.83. The molecule has 2 aromatic rings. The molecule has 1 saturated heterocycles. The number of ether oxygens (including phenoxy) is 3. The first-order valence-electron chi connectivity index (χ1n) is 11.1. The minimum Gasteiger partial charge on any atom is -0.454 e. The van der Waals surface area contributed by atoms with Crippen LogP contribution in [-0.2, 0) is 22.8 Å². The van der Waals surface area contributed by atoms with Gasteiger partial charge in [0.1, 0.15) is 5.60 Å². The number of aliphatic hydroxyl groups is 1. The van der Waals surface area contributed by atoms with E-state index in [2.05, 4.69) is 32.9 Å². The zero-order valence-corrected chi connectivity index (χ0v) is 21.8. The second kappa shape index (κ2) is 10.9. The Morgan fingerprint density at radius 1 is 1.24 bits per heavy atom. The Morgan fingerprint density at radius 3 is 2.70 bits per heavy atom. The van der Waals surface area contributed by atoms with E-state index in [0.29, 0.717) is 25.7 Å². The molecule has 3 heterocycles. The highest BCUT2D eigenvalue weighted by Crippen LogP contribution is 2.40. The molecule has 0 radical (unpaired) electrons. The fourth-order valence-corrected chi connectivity index (χ4v) is 4.17. The van der Waals surface area contributed by atoms with Crippen LogP contribution in [0.1, 0.15) is 37.8 Å². The fraction of sp³-hybridized carbons (Fsp3) is 0.565. The van der Waals surface area contributed by atoms with Gasteiger partial charge in [-0.15, -0.1) is 24.0 Å². The maximum absolute atomic E-state index is 10.9. The monoisotopic (exact) mass is 571 g/mol. The summed E-state index contributed by atoms with van der Waals surface area (Å²) in [6.45, 7) is 7.09. The van der Waals surface area contributed by atoms with Crippen LogP contribution in [0.25, 0.3) is 0 Å². The molecule has 1 unspecified atom stereocenters. The highest BCUT2D eigenvalue weighted by atomic mass is 127. The predicted octanol–water partition coefficient (Wildman–Crippen LogP) is 2.28. The van der Waals surface area contributed by atoms with Crippen molar-refractivity contribution in [3.8, 4) is 11.5 Å². The van der Waals surface area contributed by atoms with Gasteiger partial charge in [-0.25, -0.2) is 4.99 Å². The molecule has 33 heavy (non-hydrogen) atoms. The minimum absolute atomic E-state index is 0. The van der Waals surface area contributed by atoms with Crippen LogP contribution in [0.15, 0.2) is 35.6 Å². The Bertz CT molecular complexity index is 956. The van der Waals surface area contributed by atoms with Crippen LogP contribution in [0.2, 0.25) is 0 Å². The van der Waals surface area contributed by atoms with Crippen molar-refractivity contribution >= 4 is 29.9 Å². The topological polar surface area (TPSA) is 102 Å². The van der Waals surface area contributed by atoms with Crippen LogP contribution in [0.3, 0.4) is 0 Å². The van der Waals surface area contributed by atoms with Gasteiger partial charge in [0.05, 0.1) is 12.7 Å². The summed E-state index contributed by atoms with van der Waals surface area (Å²) in [4.78, 5) is 4.67. The van der Waals surface area contributed by atoms with Crippen molar-refractivity contribution in [3.63, 3.8) is 0 Å². The molecule has 182 valence electrons. The van der Waals surface area contributed by atoms with E-state index in [4.69, 9.17) is 14.2 Å². The number of aromatic nitrogens is 2. The zero-order valence-electron chi connectivity index (χ0n) is 19.5. The molecular weight excluding hydrogens is 537 g/mol. The molecule has 1 aromatic heterocycles. The summed E-state index contributed by atoms with van der Waals surface area (Å²) >= 11 is 0. The average Bonchev–Trinajstić information content (AvgIpc) is 3.45. The second-order valence-electron chi connectivity index (χ2n) is 8.69. The summed E-state index contributed by atoms with van der Waals surface area (Å²) in [5.41, 5.74) is 0.725. The third-order valence-corrected chi connectivity index (χ3v) is 6.25. The van der Waals surface area contributed by atoms with Gasteiger partial charge in [0.25, 0.3) is 0 Å². The normalized spacial score (nSPS) is 18.8. The van der Waals surface area contributed by atoms with Gasteiger partial charge >= 0.3 is 0 Å². The van der Waals surface area contributed by atoms with E-state index in [1.165, 1.54) is 5.56 Å². The number of aliphatic imine (C=N–C) groups is 1. The number of halogens is 1.